The van der Waals surface area contributed by atoms with Crippen LogP contribution in [0, 0.1) is 11.3 Å². The fraction of sp³-hybridized carbons (Fsp3) is 0.0667. The van der Waals surface area contributed by atoms with Crippen LogP contribution in [-0.2, 0) is 11.2 Å². The number of nitriles is 1. The van der Waals surface area contributed by atoms with Gasteiger partial charge in [-0.05, 0) is 66.2 Å². The van der Waals surface area contributed by atoms with Crippen molar-refractivity contribution < 1.29 is 9.53 Å². The second-order valence-electron chi connectivity index (χ2n) is 8.61. The fourth-order valence-electron chi connectivity index (χ4n) is 3.96. The lowest BCUT2D eigenvalue weighted by molar-refractivity contribution is -0.112. The summed E-state index contributed by atoms with van der Waals surface area (Å²) in [6.07, 6.45) is 5.49. The van der Waals surface area contributed by atoms with Gasteiger partial charge in [-0.15, -0.1) is 11.3 Å². The van der Waals surface area contributed by atoms with Crippen LogP contribution in [0.4, 0.5) is 5.13 Å². The number of anilines is 1. The molecule has 0 spiro atoms. The smallest absolute Gasteiger partial charge is 0.268 e. The number of nitrogens with zero attached hydrogens (tertiary/aromatic N) is 4. The summed E-state index contributed by atoms with van der Waals surface area (Å²) >= 11 is 13.7. The zero-order valence-corrected chi connectivity index (χ0v) is 23.5. The molecule has 0 fully saturated rings. The number of thiazole rings is 1. The highest BCUT2D eigenvalue weighted by Gasteiger charge is 2.17. The number of para-hydroxylation sites is 1. The van der Waals surface area contributed by atoms with Gasteiger partial charge >= 0.3 is 0 Å². The van der Waals surface area contributed by atoms with Crippen molar-refractivity contribution in [2.45, 2.75) is 6.42 Å². The summed E-state index contributed by atoms with van der Waals surface area (Å²) in [5, 5.41) is 18.9. The Balaban J connectivity index is 1.42. The Bertz CT molecular complexity index is 1740. The summed E-state index contributed by atoms with van der Waals surface area (Å²) in [5.74, 6) is 0.137. The first kappa shape index (κ1) is 27.2. The zero-order chi connectivity index (χ0) is 28.1. The molecule has 1 amide bonds. The number of hydrogen-bond donors (Lipinski definition) is 1. The van der Waals surface area contributed by atoms with E-state index in [0.29, 0.717) is 38.6 Å². The third kappa shape index (κ3) is 6.24. The maximum Gasteiger partial charge on any atom is 0.268 e. The first-order valence-electron chi connectivity index (χ1n) is 12.0. The maximum atomic E-state index is 13.1. The number of halogens is 2. The Morgan fingerprint density at radius 1 is 1.12 bits per heavy atom. The van der Waals surface area contributed by atoms with Crippen LogP contribution >= 0.6 is 34.5 Å². The summed E-state index contributed by atoms with van der Waals surface area (Å²) in [6, 6.07) is 24.3. The molecule has 0 saturated carbocycles. The van der Waals surface area contributed by atoms with Crippen molar-refractivity contribution in [2.75, 3.05) is 12.4 Å². The molecule has 10 heteroatoms. The average Bonchev–Trinajstić information content (AvgIpc) is 3.61. The molecule has 0 bridgehead atoms. The van der Waals surface area contributed by atoms with E-state index in [1.165, 1.54) is 17.4 Å². The second-order valence-corrected chi connectivity index (χ2v) is 10.6. The first-order valence-corrected chi connectivity index (χ1v) is 13.6. The van der Waals surface area contributed by atoms with Gasteiger partial charge < -0.3 is 4.74 Å². The Morgan fingerprint density at radius 2 is 1.90 bits per heavy atom. The van der Waals surface area contributed by atoms with E-state index in [1.807, 2.05) is 60.7 Å². The minimum atomic E-state index is -0.572. The molecule has 2 aromatic heterocycles. The molecule has 3 aromatic carbocycles. The predicted molar refractivity (Wildman–Crippen MR) is 159 cm³/mol. The lowest BCUT2D eigenvalue weighted by atomic mass is 10.1. The largest absolute Gasteiger partial charge is 0.497 e. The van der Waals surface area contributed by atoms with E-state index < -0.39 is 5.91 Å². The number of ether oxygens (including phenoxy) is 1. The van der Waals surface area contributed by atoms with Crippen LogP contribution in [0.2, 0.25) is 10.0 Å². The third-order valence-electron chi connectivity index (χ3n) is 5.94. The highest BCUT2D eigenvalue weighted by Crippen LogP contribution is 2.29. The van der Waals surface area contributed by atoms with Crippen molar-refractivity contribution >= 4 is 51.7 Å². The van der Waals surface area contributed by atoms with Crippen LogP contribution in [0.3, 0.4) is 0 Å². The molecule has 0 saturated heterocycles. The minimum absolute atomic E-state index is 0.0861. The van der Waals surface area contributed by atoms with Crippen molar-refractivity contribution in [3.05, 3.63) is 117 Å². The molecule has 0 aliphatic rings. The molecule has 0 atom stereocenters. The molecule has 0 aliphatic heterocycles. The van der Waals surface area contributed by atoms with E-state index in [-0.39, 0.29) is 5.57 Å². The number of hydrogen-bond acceptors (Lipinski definition) is 6. The molecular weight excluding hydrogens is 565 g/mol. The van der Waals surface area contributed by atoms with Gasteiger partial charge in [0.05, 0.1) is 18.5 Å². The average molecular weight is 587 g/mol. The lowest BCUT2D eigenvalue weighted by Crippen LogP contribution is -2.13. The number of methoxy groups -OCH3 is 1. The van der Waals surface area contributed by atoms with Crippen LogP contribution in [0.1, 0.15) is 16.0 Å². The van der Waals surface area contributed by atoms with E-state index >= 15 is 0 Å². The lowest BCUT2D eigenvalue weighted by Gasteiger charge is -2.03. The van der Waals surface area contributed by atoms with E-state index in [1.54, 1.807) is 42.4 Å². The molecule has 198 valence electrons. The topological polar surface area (TPSA) is 92.8 Å². The van der Waals surface area contributed by atoms with E-state index in [2.05, 4.69) is 10.3 Å². The first-order chi connectivity index (χ1) is 19.4. The fourth-order valence-corrected chi connectivity index (χ4v) is 5.17. The van der Waals surface area contributed by atoms with Crippen LogP contribution < -0.4 is 10.1 Å². The molecule has 0 aliphatic carbocycles. The van der Waals surface area contributed by atoms with Crippen molar-refractivity contribution in [1.82, 2.24) is 14.8 Å². The van der Waals surface area contributed by atoms with Crippen LogP contribution in [0.25, 0.3) is 23.0 Å². The maximum absolute atomic E-state index is 13.1. The van der Waals surface area contributed by atoms with Gasteiger partial charge in [0.1, 0.15) is 17.4 Å². The molecular formula is C30H21Cl2N5O2S. The van der Waals surface area contributed by atoms with Gasteiger partial charge in [-0.25, -0.2) is 9.67 Å². The number of amides is 1. The molecule has 7 nitrogen and oxygen atoms in total. The molecule has 40 heavy (non-hydrogen) atoms. The SMILES string of the molecule is COc1ccc(-c2nn(-c3ccccc3)cc2C=C(C#N)C(=O)Nc2ncc(Cc3cc(Cl)ccc3Cl)s2)cc1. The highest BCUT2D eigenvalue weighted by molar-refractivity contribution is 7.15. The van der Waals surface area contributed by atoms with Crippen molar-refractivity contribution in [3.8, 4) is 28.8 Å². The molecule has 1 N–H and O–H groups in total. The molecule has 5 aromatic rings. The number of carbonyl (C=O) groups is 1. The molecule has 2 heterocycles. The summed E-state index contributed by atoms with van der Waals surface area (Å²) in [6.45, 7) is 0. The molecule has 0 radical (unpaired) electrons. The Morgan fingerprint density at radius 3 is 2.62 bits per heavy atom. The summed E-state index contributed by atoms with van der Waals surface area (Å²) in [4.78, 5) is 18.3. The number of rotatable bonds is 8. The number of nitrogens with one attached hydrogen (secondary N) is 1. The van der Waals surface area contributed by atoms with E-state index in [4.69, 9.17) is 33.0 Å². The zero-order valence-electron chi connectivity index (χ0n) is 21.1. The normalized spacial score (nSPS) is 11.2. The van der Waals surface area contributed by atoms with Crippen molar-refractivity contribution in [2.24, 2.45) is 0 Å². The van der Waals surface area contributed by atoms with Gasteiger partial charge in [-0.2, -0.15) is 10.4 Å². The van der Waals surface area contributed by atoms with E-state index in [9.17, 15) is 10.1 Å². The van der Waals surface area contributed by atoms with Crippen LogP contribution in [-0.4, -0.2) is 27.8 Å². The van der Waals surface area contributed by atoms with Gasteiger partial charge in [-0.3, -0.25) is 10.1 Å². The Kier molecular flexibility index (Phi) is 8.27. The van der Waals surface area contributed by atoms with Gasteiger partial charge in [-0.1, -0.05) is 41.4 Å². The minimum Gasteiger partial charge on any atom is -0.497 e. The number of benzene rings is 3. The summed E-state index contributed by atoms with van der Waals surface area (Å²) in [7, 11) is 1.60. The second kappa shape index (κ2) is 12.2. The summed E-state index contributed by atoms with van der Waals surface area (Å²) < 4.78 is 6.99. The van der Waals surface area contributed by atoms with Gasteiger partial charge in [0.15, 0.2) is 5.13 Å². The summed E-state index contributed by atoms with van der Waals surface area (Å²) in [5.41, 5.74) is 3.64. The Labute approximate surface area is 244 Å². The van der Waals surface area contributed by atoms with Gasteiger partial charge in [0.25, 0.3) is 5.91 Å². The highest BCUT2D eigenvalue weighted by atomic mass is 35.5. The quantitative estimate of drug-likeness (QED) is 0.151. The monoisotopic (exact) mass is 585 g/mol. The van der Waals surface area contributed by atoms with Crippen molar-refractivity contribution in [1.29, 1.82) is 5.26 Å². The van der Waals surface area contributed by atoms with Crippen molar-refractivity contribution in [3.63, 3.8) is 0 Å². The van der Waals surface area contributed by atoms with Gasteiger partial charge in [0.2, 0.25) is 0 Å². The van der Waals surface area contributed by atoms with Crippen LogP contribution in [0.15, 0.2) is 90.8 Å². The van der Waals surface area contributed by atoms with Crippen LogP contribution in [0.5, 0.6) is 5.75 Å². The Hall–Kier alpha value is -4.42. The number of carbonyl (C=O) groups excluding carboxylic acids is 1. The molecule has 5 rings (SSSR count). The van der Waals surface area contributed by atoms with E-state index in [0.717, 1.165) is 21.7 Å². The van der Waals surface area contributed by atoms with Gasteiger partial charge in [0, 0.05) is 44.9 Å². The predicted octanol–water partition coefficient (Wildman–Crippen LogP) is 7.45. The third-order valence-corrected chi connectivity index (χ3v) is 7.45. The standard InChI is InChI=1S/C30H21Cl2N5O2S/c1-39-25-10-7-19(8-11-25)28-22(18-37(36-28)24-5-3-2-4-6-24)13-21(16-33)29(38)35-30-34-17-26(40-30)15-20-14-23(31)9-12-27(20)32/h2-14,17-18H,15H2,1H3,(H,34,35,38). The number of aromatic nitrogens is 3. The molecule has 0 unspecified atom stereocenters.